The Morgan fingerprint density at radius 1 is 0.694 bits per heavy atom. The van der Waals surface area contributed by atoms with Crippen LogP contribution < -0.4 is 14.8 Å². The van der Waals surface area contributed by atoms with E-state index in [4.69, 9.17) is 24.3 Å². The molecule has 0 heterocycles. The molecule has 0 bridgehead atoms. The average molecular weight is 684 g/mol. The van der Waals surface area contributed by atoms with E-state index in [9.17, 15) is 13.0 Å². The molecule has 0 spiro atoms. The second kappa shape index (κ2) is 18.9. The van der Waals surface area contributed by atoms with E-state index in [1.807, 2.05) is 91.9 Å². The van der Waals surface area contributed by atoms with Crippen LogP contribution in [0.2, 0.25) is 0 Å². The normalized spacial score (nSPS) is 10.4. The lowest BCUT2D eigenvalue weighted by Crippen LogP contribution is -2.04. The second-order valence-electron chi connectivity index (χ2n) is 10.9. The van der Waals surface area contributed by atoms with E-state index in [0.29, 0.717) is 35.8 Å². The van der Waals surface area contributed by atoms with Crippen molar-refractivity contribution in [1.82, 2.24) is 0 Å². The molecular weight excluding hydrogens is 642 g/mol. The van der Waals surface area contributed by atoms with Gasteiger partial charge in [0.2, 0.25) is 11.1 Å². The monoisotopic (exact) mass is 683 g/mol. The standard InChI is InChI=1S/C16H18O3.C13H12N3O.C9H12O3S/c1-17-11-13-3-7-15(8-4-13)19-16-9-5-14(6-10-16)12-18-2;1-17-13-9-11(7-8-12(13)16-14)15-10-5-3-2-4-6-10;1-6-4-7(2)9(8(3)5-6)13(10,11)12/h3-10H,11-12H2,1-2H3;2-9,15H,1H3;4-5H,1-3H3,(H,10,11,12)/q;+1;/p-1. The quantitative estimate of drug-likeness (QED) is 0.113. The van der Waals surface area contributed by atoms with Crippen molar-refractivity contribution in [3.63, 3.8) is 0 Å². The first-order chi connectivity index (χ1) is 23.5. The Bertz CT molecular complexity index is 1860. The Kier molecular flexibility index (Phi) is 14.8. The van der Waals surface area contributed by atoms with Crippen molar-refractivity contribution in [2.24, 2.45) is 0 Å². The van der Waals surface area contributed by atoms with E-state index in [1.54, 1.807) is 52.3 Å². The van der Waals surface area contributed by atoms with E-state index in [1.165, 1.54) is 7.11 Å². The summed E-state index contributed by atoms with van der Waals surface area (Å²) in [5.74, 6) is 2.16. The number of hydrogen-bond acceptors (Lipinski definition) is 9. The zero-order valence-electron chi connectivity index (χ0n) is 28.5. The lowest BCUT2D eigenvalue weighted by molar-refractivity contribution is 0.185. The van der Waals surface area contributed by atoms with Gasteiger partial charge in [0.05, 0.1) is 25.2 Å². The molecule has 0 atom stereocenters. The van der Waals surface area contributed by atoms with Crippen molar-refractivity contribution in [2.75, 3.05) is 26.6 Å². The van der Waals surface area contributed by atoms with Crippen LogP contribution in [0.15, 0.2) is 114 Å². The second-order valence-corrected chi connectivity index (χ2v) is 12.2. The van der Waals surface area contributed by atoms with E-state index < -0.39 is 10.1 Å². The lowest BCUT2D eigenvalue weighted by atomic mass is 10.1. The molecule has 0 saturated heterocycles. The third-order valence-corrected chi connectivity index (χ3v) is 8.05. The summed E-state index contributed by atoms with van der Waals surface area (Å²) in [4.78, 5) is 3.05. The fourth-order valence-corrected chi connectivity index (χ4v) is 5.77. The molecule has 0 saturated carbocycles. The zero-order chi connectivity index (χ0) is 35.8. The van der Waals surface area contributed by atoms with Crippen molar-refractivity contribution in [3.05, 3.63) is 142 Å². The van der Waals surface area contributed by atoms with E-state index >= 15 is 0 Å². The smallest absolute Gasteiger partial charge is 0.426 e. The summed E-state index contributed by atoms with van der Waals surface area (Å²) in [6.07, 6.45) is 0. The summed E-state index contributed by atoms with van der Waals surface area (Å²) in [6.45, 7) is 6.36. The predicted molar refractivity (Wildman–Crippen MR) is 190 cm³/mol. The maximum atomic E-state index is 10.8. The van der Waals surface area contributed by atoms with Crippen molar-refractivity contribution >= 4 is 27.2 Å². The summed E-state index contributed by atoms with van der Waals surface area (Å²) in [6, 6.07) is 34.2. The fraction of sp³-hybridized carbons (Fsp3) is 0.211. The molecule has 0 aromatic heterocycles. The molecule has 0 unspecified atom stereocenters. The van der Waals surface area contributed by atoms with Crippen LogP contribution in [-0.2, 0) is 32.8 Å². The number of nitrogens with one attached hydrogen (secondary N) is 1. The first kappa shape index (κ1) is 38.2. The summed E-state index contributed by atoms with van der Waals surface area (Å²) in [7, 11) is 0.580. The van der Waals surface area contributed by atoms with Crippen molar-refractivity contribution < 1.29 is 31.9 Å². The summed E-state index contributed by atoms with van der Waals surface area (Å²) < 4.78 is 53.5. The molecule has 0 aliphatic heterocycles. The van der Waals surface area contributed by atoms with Gasteiger partial charge in [0.25, 0.3) is 0 Å². The van der Waals surface area contributed by atoms with Crippen LogP contribution in [-0.4, -0.2) is 34.3 Å². The molecule has 10 nitrogen and oxygen atoms in total. The topological polar surface area (TPSA) is 134 Å². The lowest BCUT2D eigenvalue weighted by Gasteiger charge is -2.14. The number of diazo groups is 1. The Balaban J connectivity index is 0.000000203. The largest absolute Gasteiger partial charge is 0.744 e. The van der Waals surface area contributed by atoms with E-state index in [-0.39, 0.29) is 4.90 Å². The van der Waals surface area contributed by atoms with Crippen LogP contribution in [0.1, 0.15) is 27.8 Å². The van der Waals surface area contributed by atoms with Crippen LogP contribution >= 0.6 is 0 Å². The number of anilines is 2. The molecule has 0 amide bonds. The molecular formula is C38H41N3O7S. The molecule has 0 fully saturated rings. The van der Waals surface area contributed by atoms with Gasteiger partial charge in [-0.3, -0.25) is 0 Å². The van der Waals surface area contributed by atoms with Gasteiger partial charge in [0.1, 0.15) is 21.6 Å². The summed E-state index contributed by atoms with van der Waals surface area (Å²) in [5, 5.41) is 12.0. The van der Waals surface area contributed by atoms with Gasteiger partial charge in [-0.05, 0) is 85.5 Å². The van der Waals surface area contributed by atoms with Gasteiger partial charge in [-0.25, -0.2) is 8.42 Å². The molecule has 5 aromatic rings. The molecule has 0 radical (unpaired) electrons. The first-order valence-corrected chi connectivity index (χ1v) is 16.6. The highest BCUT2D eigenvalue weighted by molar-refractivity contribution is 7.85. The highest BCUT2D eigenvalue weighted by Crippen LogP contribution is 2.31. The molecule has 0 aliphatic carbocycles. The van der Waals surface area contributed by atoms with Gasteiger partial charge in [-0.2, -0.15) is 0 Å². The number of methoxy groups -OCH3 is 3. The number of ether oxygens (including phenoxy) is 4. The fourth-order valence-electron chi connectivity index (χ4n) is 4.86. The van der Waals surface area contributed by atoms with Crippen LogP contribution in [0.25, 0.3) is 4.98 Å². The number of para-hydroxylation sites is 1. The minimum Gasteiger partial charge on any atom is -0.744 e. The van der Waals surface area contributed by atoms with Crippen molar-refractivity contribution in [3.8, 4) is 17.2 Å². The average Bonchev–Trinajstić information content (AvgIpc) is 3.07. The number of hydrogen-bond donors (Lipinski definition) is 1. The van der Waals surface area contributed by atoms with Crippen LogP contribution in [0.4, 0.5) is 17.1 Å². The van der Waals surface area contributed by atoms with Gasteiger partial charge in [-0.15, -0.1) is 0 Å². The highest BCUT2D eigenvalue weighted by Gasteiger charge is 2.14. The van der Waals surface area contributed by atoms with Crippen LogP contribution in [0.5, 0.6) is 17.2 Å². The van der Waals surface area contributed by atoms with Crippen molar-refractivity contribution in [1.29, 1.82) is 5.39 Å². The van der Waals surface area contributed by atoms with Gasteiger partial charge in [-0.1, -0.05) is 60.2 Å². The minimum absolute atomic E-state index is 0.0851. The van der Waals surface area contributed by atoms with Crippen LogP contribution in [0, 0.1) is 26.2 Å². The summed E-state index contributed by atoms with van der Waals surface area (Å²) in [5.41, 5.74) is 6.53. The van der Waals surface area contributed by atoms with E-state index in [2.05, 4.69) is 10.3 Å². The third-order valence-electron chi connectivity index (χ3n) is 6.91. The summed E-state index contributed by atoms with van der Waals surface area (Å²) >= 11 is 0. The highest BCUT2D eigenvalue weighted by atomic mass is 32.2. The first-order valence-electron chi connectivity index (χ1n) is 15.2. The van der Waals surface area contributed by atoms with Crippen LogP contribution in [0.3, 0.4) is 0 Å². The zero-order valence-corrected chi connectivity index (χ0v) is 29.3. The Morgan fingerprint density at radius 2 is 1.20 bits per heavy atom. The SMILES string of the molecule is COCc1ccc(Oc2ccc(COC)cc2)cc1.COc1cc(Nc2ccccc2)ccc1[N+]#N.Cc1cc(C)c(S(=O)(=O)[O-])c(C)c1. The van der Waals surface area contributed by atoms with Gasteiger partial charge < -0.3 is 28.8 Å². The molecule has 5 aromatic carbocycles. The maximum Gasteiger partial charge on any atom is 0.426 e. The number of rotatable bonds is 10. The van der Waals surface area contributed by atoms with Gasteiger partial charge >= 0.3 is 5.69 Å². The van der Waals surface area contributed by atoms with Crippen molar-refractivity contribution in [2.45, 2.75) is 38.9 Å². The Morgan fingerprint density at radius 3 is 1.63 bits per heavy atom. The molecule has 1 N–H and O–H groups in total. The third kappa shape index (κ3) is 12.4. The maximum absolute atomic E-state index is 10.8. The molecule has 0 aliphatic rings. The van der Waals surface area contributed by atoms with Gasteiger partial charge in [0, 0.05) is 37.7 Å². The predicted octanol–water partition coefficient (Wildman–Crippen LogP) is 9.21. The van der Waals surface area contributed by atoms with E-state index in [0.717, 1.165) is 39.6 Å². The molecule has 49 heavy (non-hydrogen) atoms. The molecule has 256 valence electrons. The number of benzene rings is 5. The molecule has 11 heteroatoms. The number of nitrogens with zero attached hydrogens (tertiary/aromatic N) is 2. The van der Waals surface area contributed by atoms with Gasteiger partial charge in [0.15, 0.2) is 4.98 Å². The Hall–Kier alpha value is -5.25. The molecule has 5 rings (SSSR count). The Labute approximate surface area is 288 Å². The number of aryl methyl sites for hydroxylation is 3. The minimum atomic E-state index is -4.33.